The molecule has 2 N–H and O–H groups in total. The molecule has 2 amide bonds. The first-order valence-electron chi connectivity index (χ1n) is 9.69. The van der Waals surface area contributed by atoms with E-state index in [1.165, 1.54) is 4.90 Å². The number of fused-ring (bicyclic) bond motifs is 1. The minimum atomic E-state index is -1.18. The second kappa shape index (κ2) is 8.12. The van der Waals surface area contributed by atoms with Gasteiger partial charge in [-0.2, -0.15) is 0 Å². The Kier molecular flexibility index (Phi) is 6.17. The number of rotatable bonds is 9. The van der Waals surface area contributed by atoms with E-state index in [4.69, 9.17) is 4.74 Å². The minimum absolute atomic E-state index is 0.0312. The largest absolute Gasteiger partial charge is 0.481 e. The maximum Gasteiger partial charge on any atom is 0.310 e. The van der Waals surface area contributed by atoms with Gasteiger partial charge in [-0.15, -0.1) is 6.58 Å². The van der Waals surface area contributed by atoms with Gasteiger partial charge in [-0.05, 0) is 12.8 Å². The number of β-amino-alcohol motifs (C(OH)–C–C–N with tert-alkyl or cyclic N) is 1. The summed E-state index contributed by atoms with van der Waals surface area (Å²) in [5, 5.41) is 19.2. The topological polar surface area (TPSA) is 107 Å². The third kappa shape index (κ3) is 3.07. The van der Waals surface area contributed by atoms with Crippen molar-refractivity contribution in [2.24, 2.45) is 11.8 Å². The molecule has 28 heavy (non-hydrogen) atoms. The van der Waals surface area contributed by atoms with Crippen LogP contribution in [0, 0.1) is 11.8 Å². The molecule has 3 aliphatic rings. The van der Waals surface area contributed by atoms with Crippen LogP contribution < -0.4 is 0 Å². The first-order valence-corrected chi connectivity index (χ1v) is 10.6. The number of likely N-dealkylation sites (tertiary alicyclic amines) is 1. The molecule has 3 heterocycles. The molecule has 1 spiro atoms. The summed E-state index contributed by atoms with van der Waals surface area (Å²) in [6.07, 6.45) is 3.07. The van der Waals surface area contributed by atoms with E-state index in [9.17, 15) is 24.6 Å². The fraction of sp³-hybridized carbons (Fsp3) is 0.737. The molecule has 2 bridgehead atoms. The van der Waals surface area contributed by atoms with E-state index < -0.39 is 41.5 Å². The molecular weight excluding hydrogens is 432 g/mol. The highest BCUT2D eigenvalue weighted by Crippen LogP contribution is 2.60. The maximum atomic E-state index is 13.5. The van der Waals surface area contributed by atoms with E-state index in [2.05, 4.69) is 22.5 Å². The third-order valence-electron chi connectivity index (χ3n) is 6.09. The number of carbonyl (C=O) groups is 3. The highest BCUT2D eigenvalue weighted by Gasteiger charge is 2.76. The zero-order chi connectivity index (χ0) is 20.6. The zero-order valence-corrected chi connectivity index (χ0v) is 17.5. The SMILES string of the molecule is C=CCN(CCCC)C(=O)[C@@H]1N(CCO)C(=O)[C@H]2[C@H](C(=O)O)[C@H]3O[C@@]12CC3Br. The normalized spacial score (nSPS) is 35.9. The predicted molar refractivity (Wildman–Crippen MR) is 104 cm³/mol. The Labute approximate surface area is 172 Å². The van der Waals surface area contributed by atoms with Gasteiger partial charge in [0.25, 0.3) is 0 Å². The Hall–Kier alpha value is -1.45. The summed E-state index contributed by atoms with van der Waals surface area (Å²) in [5.41, 5.74) is -1.18. The lowest BCUT2D eigenvalue weighted by molar-refractivity contribution is -0.151. The second-order valence-electron chi connectivity index (χ2n) is 7.68. The molecule has 3 aliphatic heterocycles. The maximum absolute atomic E-state index is 13.5. The Bertz CT molecular complexity index is 673. The summed E-state index contributed by atoms with van der Waals surface area (Å²) in [7, 11) is 0. The third-order valence-corrected chi connectivity index (χ3v) is 6.94. The van der Waals surface area contributed by atoms with Gasteiger partial charge in [0.1, 0.15) is 11.6 Å². The lowest BCUT2D eigenvalue weighted by Gasteiger charge is -2.36. The molecule has 1 unspecified atom stereocenters. The number of hydrogen-bond donors (Lipinski definition) is 2. The number of unbranched alkanes of at least 4 members (excludes halogenated alkanes) is 1. The van der Waals surface area contributed by atoms with Crippen LogP contribution in [0.5, 0.6) is 0 Å². The molecule has 0 aromatic carbocycles. The molecule has 6 atom stereocenters. The van der Waals surface area contributed by atoms with Gasteiger partial charge in [0, 0.05) is 24.5 Å². The molecule has 9 heteroatoms. The van der Waals surface area contributed by atoms with Crippen molar-refractivity contribution in [2.45, 2.75) is 48.8 Å². The number of carbonyl (C=O) groups excluding carboxylic acids is 2. The van der Waals surface area contributed by atoms with Crippen molar-refractivity contribution in [2.75, 3.05) is 26.2 Å². The zero-order valence-electron chi connectivity index (χ0n) is 15.9. The van der Waals surface area contributed by atoms with Crippen LogP contribution in [-0.2, 0) is 19.1 Å². The standard InChI is InChI=1S/C19H27BrN2O6/c1-3-5-7-21(6-4-2)17(25)15-19-10-11(20)14(28-19)12(18(26)27)13(19)16(24)22(15)8-9-23/h4,11-15,23H,2-3,5-10H2,1H3,(H,26,27)/t11?,12-,13+,14-,15-,19+/m0/s1. The minimum Gasteiger partial charge on any atom is -0.481 e. The van der Waals surface area contributed by atoms with Gasteiger partial charge in [-0.25, -0.2) is 0 Å². The molecule has 156 valence electrons. The van der Waals surface area contributed by atoms with Gasteiger partial charge in [0.05, 0.1) is 24.5 Å². The van der Waals surface area contributed by atoms with E-state index in [0.717, 1.165) is 12.8 Å². The van der Waals surface area contributed by atoms with Gasteiger partial charge in [-0.3, -0.25) is 14.4 Å². The lowest BCUT2D eigenvalue weighted by Crippen LogP contribution is -2.57. The van der Waals surface area contributed by atoms with Crippen molar-refractivity contribution >= 4 is 33.7 Å². The number of halogens is 1. The number of carboxylic acids is 1. The number of aliphatic hydroxyl groups is 1. The summed E-state index contributed by atoms with van der Waals surface area (Å²) < 4.78 is 6.14. The number of amides is 2. The molecule has 3 rings (SSSR count). The van der Waals surface area contributed by atoms with E-state index >= 15 is 0 Å². The van der Waals surface area contributed by atoms with Crippen LogP contribution in [0.25, 0.3) is 0 Å². The van der Waals surface area contributed by atoms with Crippen LogP contribution in [0.3, 0.4) is 0 Å². The lowest BCUT2D eigenvalue weighted by atomic mass is 9.70. The van der Waals surface area contributed by atoms with Gasteiger partial charge >= 0.3 is 5.97 Å². The van der Waals surface area contributed by atoms with Crippen LogP contribution >= 0.6 is 15.9 Å². The molecule has 3 saturated heterocycles. The first-order chi connectivity index (χ1) is 13.3. The monoisotopic (exact) mass is 458 g/mol. The highest BCUT2D eigenvalue weighted by atomic mass is 79.9. The number of aliphatic hydroxyl groups excluding tert-OH is 1. The second-order valence-corrected chi connectivity index (χ2v) is 8.86. The van der Waals surface area contributed by atoms with E-state index in [1.807, 2.05) is 6.92 Å². The Morgan fingerprint density at radius 1 is 1.50 bits per heavy atom. The van der Waals surface area contributed by atoms with Gasteiger partial charge in [-0.1, -0.05) is 35.4 Å². The fourth-order valence-corrected chi connectivity index (χ4v) is 5.95. The van der Waals surface area contributed by atoms with Crippen molar-refractivity contribution in [3.63, 3.8) is 0 Å². The van der Waals surface area contributed by atoms with Gasteiger partial charge < -0.3 is 24.7 Å². The Morgan fingerprint density at radius 2 is 2.21 bits per heavy atom. The fourth-order valence-electron chi connectivity index (χ4n) is 5.01. The molecule has 0 aliphatic carbocycles. The Balaban J connectivity index is 2.02. The van der Waals surface area contributed by atoms with Crippen LogP contribution in [0.2, 0.25) is 0 Å². The number of carboxylic acid groups (broad SMARTS) is 1. The quantitative estimate of drug-likeness (QED) is 0.387. The van der Waals surface area contributed by atoms with Crippen LogP contribution in [0.1, 0.15) is 26.2 Å². The van der Waals surface area contributed by atoms with Crippen molar-refractivity contribution in [3.05, 3.63) is 12.7 Å². The van der Waals surface area contributed by atoms with Crippen molar-refractivity contribution in [1.82, 2.24) is 9.80 Å². The molecule has 0 aromatic rings. The average Bonchev–Trinajstić information content (AvgIpc) is 3.23. The summed E-state index contributed by atoms with van der Waals surface area (Å²) in [6, 6.07) is -0.941. The smallest absolute Gasteiger partial charge is 0.310 e. The van der Waals surface area contributed by atoms with Crippen molar-refractivity contribution < 1.29 is 29.3 Å². The molecule has 0 radical (unpaired) electrons. The van der Waals surface area contributed by atoms with Crippen LogP contribution in [0.4, 0.5) is 0 Å². The van der Waals surface area contributed by atoms with E-state index in [-0.39, 0.29) is 23.9 Å². The van der Waals surface area contributed by atoms with Crippen molar-refractivity contribution in [1.29, 1.82) is 0 Å². The van der Waals surface area contributed by atoms with E-state index in [1.54, 1.807) is 11.0 Å². The molecular formula is C19H27BrN2O6. The molecule has 0 aromatic heterocycles. The number of aliphatic carboxylic acids is 1. The number of ether oxygens (including phenoxy) is 1. The van der Waals surface area contributed by atoms with Gasteiger partial charge in [0.15, 0.2) is 0 Å². The Morgan fingerprint density at radius 3 is 2.79 bits per heavy atom. The van der Waals surface area contributed by atoms with Crippen LogP contribution in [0.15, 0.2) is 12.7 Å². The average molecular weight is 459 g/mol. The summed E-state index contributed by atoms with van der Waals surface area (Å²) in [5.74, 6) is -3.71. The number of alkyl halides is 1. The first kappa shape index (κ1) is 21.3. The molecule has 0 saturated carbocycles. The number of nitrogens with zero attached hydrogens (tertiary/aromatic N) is 2. The van der Waals surface area contributed by atoms with E-state index in [0.29, 0.717) is 19.5 Å². The summed E-state index contributed by atoms with van der Waals surface area (Å²) >= 11 is 3.49. The predicted octanol–water partition coefficient (Wildman–Crippen LogP) is 0.626. The number of hydrogen-bond acceptors (Lipinski definition) is 5. The summed E-state index contributed by atoms with van der Waals surface area (Å²) in [4.78, 5) is 41.3. The molecule has 8 nitrogen and oxygen atoms in total. The molecule has 3 fully saturated rings. The highest BCUT2D eigenvalue weighted by molar-refractivity contribution is 9.09. The van der Waals surface area contributed by atoms with Crippen LogP contribution in [-0.4, -0.2) is 86.6 Å². The summed E-state index contributed by atoms with van der Waals surface area (Å²) in [6.45, 7) is 6.25. The van der Waals surface area contributed by atoms with Gasteiger partial charge in [0.2, 0.25) is 11.8 Å². The van der Waals surface area contributed by atoms with Crippen molar-refractivity contribution in [3.8, 4) is 0 Å².